The van der Waals surface area contributed by atoms with Crippen LogP contribution < -0.4 is 4.31 Å². The molecule has 6 heteroatoms. The van der Waals surface area contributed by atoms with Gasteiger partial charge in [0.2, 0.25) is 10.0 Å². The number of rotatable bonds is 4. The van der Waals surface area contributed by atoms with Crippen LogP contribution in [0, 0.1) is 13.8 Å². The van der Waals surface area contributed by atoms with Gasteiger partial charge in [0.25, 0.3) is 0 Å². The molecule has 19 heavy (non-hydrogen) atoms. The lowest BCUT2D eigenvalue weighted by Gasteiger charge is -2.27. The van der Waals surface area contributed by atoms with Gasteiger partial charge in [0, 0.05) is 0 Å². The first kappa shape index (κ1) is 15.5. The van der Waals surface area contributed by atoms with Crippen molar-refractivity contribution in [2.45, 2.75) is 26.8 Å². The number of hydrogen-bond acceptors (Lipinski definition) is 4. The van der Waals surface area contributed by atoms with E-state index in [1.807, 2.05) is 19.9 Å². The van der Waals surface area contributed by atoms with Gasteiger partial charge in [-0.25, -0.2) is 13.2 Å². The Morgan fingerprint density at radius 3 is 2.05 bits per heavy atom. The second-order valence-corrected chi connectivity index (χ2v) is 6.46. The number of benzene rings is 1. The van der Waals surface area contributed by atoms with Crippen LogP contribution in [0.5, 0.6) is 0 Å². The van der Waals surface area contributed by atoms with Gasteiger partial charge in [0.05, 0.1) is 19.1 Å². The smallest absolute Gasteiger partial charge is 0.329 e. The molecular weight excluding hydrogens is 266 g/mol. The van der Waals surface area contributed by atoms with Gasteiger partial charge in [0.15, 0.2) is 0 Å². The van der Waals surface area contributed by atoms with E-state index >= 15 is 0 Å². The zero-order valence-corrected chi connectivity index (χ0v) is 12.6. The second-order valence-electron chi connectivity index (χ2n) is 4.60. The first-order valence-electron chi connectivity index (χ1n) is 5.82. The minimum absolute atomic E-state index is 0.470. The molecule has 1 atom stereocenters. The van der Waals surface area contributed by atoms with Crippen molar-refractivity contribution in [2.75, 3.05) is 17.7 Å². The van der Waals surface area contributed by atoms with Crippen molar-refractivity contribution in [1.82, 2.24) is 0 Å². The zero-order valence-electron chi connectivity index (χ0n) is 11.8. The molecule has 0 saturated heterocycles. The zero-order chi connectivity index (χ0) is 14.8. The lowest BCUT2D eigenvalue weighted by Crippen LogP contribution is -2.43. The fourth-order valence-corrected chi connectivity index (χ4v) is 3.20. The summed E-state index contributed by atoms with van der Waals surface area (Å²) >= 11 is 0. The van der Waals surface area contributed by atoms with Gasteiger partial charge in [-0.3, -0.25) is 4.31 Å². The molecule has 1 rings (SSSR count). The normalized spacial score (nSPS) is 12.9. The Bertz CT molecular complexity index is 560. The van der Waals surface area contributed by atoms with Gasteiger partial charge in [-0.05, 0) is 44.0 Å². The molecule has 0 spiro atoms. The van der Waals surface area contributed by atoms with Crippen molar-refractivity contribution in [1.29, 1.82) is 0 Å². The van der Waals surface area contributed by atoms with Crippen LogP contribution in [0.3, 0.4) is 0 Å². The van der Waals surface area contributed by atoms with Gasteiger partial charge < -0.3 is 4.74 Å². The van der Waals surface area contributed by atoms with Crippen LogP contribution in [-0.4, -0.2) is 33.8 Å². The van der Waals surface area contributed by atoms with E-state index in [1.165, 1.54) is 14.0 Å². The third kappa shape index (κ3) is 3.70. The summed E-state index contributed by atoms with van der Waals surface area (Å²) in [6, 6.07) is 4.49. The molecule has 0 radical (unpaired) electrons. The fraction of sp³-hybridized carbons (Fsp3) is 0.462. The molecule has 0 aliphatic rings. The summed E-state index contributed by atoms with van der Waals surface area (Å²) < 4.78 is 29.6. The van der Waals surface area contributed by atoms with Gasteiger partial charge in [-0.15, -0.1) is 0 Å². The maximum atomic E-state index is 11.9. The highest BCUT2D eigenvalue weighted by Gasteiger charge is 2.29. The maximum absolute atomic E-state index is 11.9. The van der Waals surface area contributed by atoms with E-state index in [9.17, 15) is 13.2 Å². The largest absolute Gasteiger partial charge is 0.467 e. The number of nitrogens with zero attached hydrogens (tertiary/aromatic N) is 1. The number of carbonyl (C=O) groups excluding carboxylic acids is 1. The molecule has 1 aromatic carbocycles. The van der Waals surface area contributed by atoms with E-state index in [2.05, 4.69) is 4.74 Å². The van der Waals surface area contributed by atoms with E-state index < -0.39 is 22.0 Å². The van der Waals surface area contributed by atoms with Crippen LogP contribution in [-0.2, 0) is 19.6 Å². The highest BCUT2D eigenvalue weighted by Crippen LogP contribution is 2.24. The number of esters is 1. The molecule has 0 fully saturated rings. The molecule has 0 aliphatic carbocycles. The van der Waals surface area contributed by atoms with Crippen LogP contribution in [0.1, 0.15) is 18.1 Å². The number of sulfonamides is 1. The highest BCUT2D eigenvalue weighted by atomic mass is 32.2. The van der Waals surface area contributed by atoms with E-state index in [1.54, 1.807) is 12.1 Å². The van der Waals surface area contributed by atoms with Gasteiger partial charge in [-0.1, -0.05) is 6.07 Å². The van der Waals surface area contributed by atoms with Crippen molar-refractivity contribution in [3.05, 3.63) is 29.3 Å². The van der Waals surface area contributed by atoms with Crippen LogP contribution in [0.15, 0.2) is 18.2 Å². The number of anilines is 1. The summed E-state index contributed by atoms with van der Waals surface area (Å²) in [5.74, 6) is -0.593. The van der Waals surface area contributed by atoms with Crippen molar-refractivity contribution in [3.63, 3.8) is 0 Å². The first-order chi connectivity index (χ1) is 8.66. The lowest BCUT2D eigenvalue weighted by molar-refractivity contribution is -0.141. The second kappa shape index (κ2) is 5.61. The predicted molar refractivity (Wildman–Crippen MR) is 74.7 cm³/mol. The molecule has 0 saturated carbocycles. The molecule has 0 heterocycles. The van der Waals surface area contributed by atoms with Gasteiger partial charge in [-0.2, -0.15) is 0 Å². The third-order valence-electron chi connectivity index (χ3n) is 2.71. The summed E-state index contributed by atoms with van der Waals surface area (Å²) in [7, 11) is -2.34. The number of methoxy groups -OCH3 is 1. The summed E-state index contributed by atoms with van der Waals surface area (Å²) in [4.78, 5) is 11.6. The average Bonchev–Trinajstić information content (AvgIpc) is 2.24. The Morgan fingerprint density at radius 2 is 1.68 bits per heavy atom. The van der Waals surface area contributed by atoms with Crippen molar-refractivity contribution in [3.8, 4) is 0 Å². The predicted octanol–water partition coefficient (Wildman–Crippen LogP) is 1.63. The van der Waals surface area contributed by atoms with E-state index in [0.717, 1.165) is 21.7 Å². The van der Waals surface area contributed by atoms with E-state index in [4.69, 9.17) is 0 Å². The SMILES string of the molecule is COC(=O)[C@H](C)N(c1cc(C)cc(C)c1)S(C)(=O)=O. The topological polar surface area (TPSA) is 63.7 Å². The minimum atomic E-state index is -3.57. The lowest BCUT2D eigenvalue weighted by atomic mass is 10.1. The quantitative estimate of drug-likeness (QED) is 0.789. The fourth-order valence-electron chi connectivity index (χ4n) is 2.05. The minimum Gasteiger partial charge on any atom is -0.467 e. The van der Waals surface area contributed by atoms with Gasteiger partial charge in [0.1, 0.15) is 6.04 Å². The summed E-state index contributed by atoms with van der Waals surface area (Å²) in [6.45, 7) is 5.25. The Balaban J connectivity index is 3.37. The molecule has 106 valence electrons. The van der Waals surface area contributed by atoms with Crippen molar-refractivity contribution in [2.24, 2.45) is 0 Å². The van der Waals surface area contributed by atoms with Crippen LogP contribution in [0.25, 0.3) is 0 Å². The number of carbonyl (C=O) groups is 1. The van der Waals surface area contributed by atoms with Crippen molar-refractivity contribution >= 4 is 21.7 Å². The van der Waals surface area contributed by atoms with Crippen LogP contribution in [0.4, 0.5) is 5.69 Å². The summed E-state index contributed by atoms with van der Waals surface area (Å²) in [5.41, 5.74) is 2.33. The van der Waals surface area contributed by atoms with Crippen LogP contribution >= 0.6 is 0 Å². The average molecular weight is 285 g/mol. The van der Waals surface area contributed by atoms with Gasteiger partial charge >= 0.3 is 5.97 Å². The Labute approximate surface area is 114 Å². The van der Waals surface area contributed by atoms with E-state index in [-0.39, 0.29) is 0 Å². The molecule has 1 aromatic rings. The summed E-state index contributed by atoms with van der Waals surface area (Å²) in [5, 5.41) is 0. The molecule has 0 N–H and O–H groups in total. The number of hydrogen-bond donors (Lipinski definition) is 0. The maximum Gasteiger partial charge on any atom is 0.329 e. The van der Waals surface area contributed by atoms with Crippen LogP contribution in [0.2, 0.25) is 0 Å². The summed E-state index contributed by atoms with van der Waals surface area (Å²) in [6.07, 6.45) is 1.07. The third-order valence-corrected chi connectivity index (χ3v) is 3.95. The molecule has 0 amide bonds. The number of aryl methyl sites for hydroxylation is 2. The molecule has 0 aliphatic heterocycles. The highest BCUT2D eigenvalue weighted by molar-refractivity contribution is 7.92. The first-order valence-corrected chi connectivity index (χ1v) is 7.67. The van der Waals surface area contributed by atoms with E-state index in [0.29, 0.717) is 5.69 Å². The molecule has 0 bridgehead atoms. The molecular formula is C13H19NO4S. The molecule has 5 nitrogen and oxygen atoms in total. The Morgan fingerprint density at radius 1 is 1.21 bits per heavy atom. The monoisotopic (exact) mass is 285 g/mol. The number of ether oxygens (including phenoxy) is 1. The standard InChI is InChI=1S/C13H19NO4S/c1-9-6-10(2)8-12(7-9)14(19(5,16)17)11(3)13(15)18-4/h6-8,11H,1-5H3/t11-/m0/s1. The Hall–Kier alpha value is -1.56. The Kier molecular flexibility index (Phi) is 4.57. The van der Waals surface area contributed by atoms with Crippen molar-refractivity contribution < 1.29 is 17.9 Å². The molecule has 0 aromatic heterocycles. The molecule has 0 unspecified atom stereocenters.